The third-order valence-corrected chi connectivity index (χ3v) is 5.23. The van der Waals surface area contributed by atoms with Gasteiger partial charge in [0.15, 0.2) is 9.90 Å². The highest BCUT2D eigenvalue weighted by molar-refractivity contribution is 7.71. The number of rotatable bonds is 4. The topological polar surface area (TPSA) is 90.6 Å². The van der Waals surface area contributed by atoms with Gasteiger partial charge in [-0.25, -0.2) is 4.98 Å². The number of nitrogens with one attached hydrogen (secondary N) is 3. The van der Waals surface area contributed by atoms with Crippen molar-refractivity contribution in [2.75, 3.05) is 5.32 Å². The van der Waals surface area contributed by atoms with E-state index < -0.39 is 0 Å². The molecule has 0 aliphatic heterocycles. The summed E-state index contributed by atoms with van der Waals surface area (Å²) in [7, 11) is 0. The number of aromatic nitrogens is 3. The second-order valence-electron chi connectivity index (χ2n) is 5.66. The molecule has 2 aromatic rings. The molecule has 1 amide bonds. The molecule has 0 saturated carbocycles. The van der Waals surface area contributed by atoms with Crippen molar-refractivity contribution in [1.82, 2.24) is 15.0 Å². The normalized spacial score (nSPS) is 13.6. The van der Waals surface area contributed by atoms with Crippen molar-refractivity contribution >= 4 is 34.6 Å². The molecule has 0 atom stereocenters. The van der Waals surface area contributed by atoms with Crippen LogP contribution in [0.5, 0.6) is 0 Å². The van der Waals surface area contributed by atoms with Crippen LogP contribution in [0.25, 0.3) is 0 Å². The number of hydrogen-bond acceptors (Lipinski definition) is 5. The summed E-state index contributed by atoms with van der Waals surface area (Å²) in [5.74, 6) is -0.127. The van der Waals surface area contributed by atoms with Gasteiger partial charge < -0.3 is 10.3 Å². The molecule has 0 bridgehead atoms. The number of hydrogen-bond donors (Lipinski definition) is 3. The molecule has 6 nitrogen and oxygen atoms in total. The molecule has 0 spiro atoms. The summed E-state index contributed by atoms with van der Waals surface area (Å²) in [6.45, 7) is 1.78. The molecule has 2 heterocycles. The Morgan fingerprint density at radius 1 is 1.35 bits per heavy atom. The van der Waals surface area contributed by atoms with E-state index in [-0.39, 0.29) is 17.9 Å². The van der Waals surface area contributed by atoms with Crippen LogP contribution in [0.3, 0.4) is 0 Å². The van der Waals surface area contributed by atoms with Crippen LogP contribution in [-0.2, 0) is 24.1 Å². The van der Waals surface area contributed by atoms with Gasteiger partial charge in [0.25, 0.3) is 5.56 Å². The van der Waals surface area contributed by atoms with Crippen molar-refractivity contribution in [1.29, 1.82) is 0 Å². The molecule has 8 heteroatoms. The molecular formula is C15H18N4O2S2. The lowest BCUT2D eigenvalue weighted by Crippen LogP contribution is -2.19. The SMILES string of the molecule is Cc1[nH]c(=S)[nH]c(=O)c1CCC(=O)Nc1nc2c(s1)CCCC2. The molecule has 1 aliphatic carbocycles. The number of aryl methyl sites for hydroxylation is 3. The molecule has 0 unspecified atom stereocenters. The quantitative estimate of drug-likeness (QED) is 0.739. The Kier molecular flexibility index (Phi) is 4.72. The standard InChI is InChI=1S/C15H18N4O2S2/c1-8-9(13(21)19-14(22)16-8)6-7-12(20)18-15-17-10-4-2-3-5-11(10)23-15/h2-7H2,1H3,(H,17,18,20)(H2,16,19,21,22). The minimum Gasteiger partial charge on any atom is -0.336 e. The van der Waals surface area contributed by atoms with Crippen LogP contribution in [0.2, 0.25) is 0 Å². The lowest BCUT2D eigenvalue weighted by molar-refractivity contribution is -0.116. The average Bonchev–Trinajstić information content (AvgIpc) is 2.88. The highest BCUT2D eigenvalue weighted by Gasteiger charge is 2.16. The number of anilines is 1. The van der Waals surface area contributed by atoms with Gasteiger partial charge in [0, 0.05) is 22.6 Å². The summed E-state index contributed by atoms with van der Waals surface area (Å²) in [6.07, 6.45) is 5.02. The number of carbonyl (C=O) groups is 1. The van der Waals surface area contributed by atoms with E-state index in [9.17, 15) is 9.59 Å². The molecule has 0 saturated heterocycles. The second kappa shape index (κ2) is 6.76. The smallest absolute Gasteiger partial charge is 0.255 e. The van der Waals surface area contributed by atoms with Crippen molar-refractivity contribution in [3.8, 4) is 0 Å². The second-order valence-corrected chi connectivity index (χ2v) is 7.15. The molecule has 3 rings (SSSR count). The molecule has 122 valence electrons. The molecular weight excluding hydrogens is 332 g/mol. The van der Waals surface area contributed by atoms with E-state index in [0.29, 0.717) is 27.6 Å². The zero-order chi connectivity index (χ0) is 16.4. The Hall–Kier alpha value is -1.80. The Balaban J connectivity index is 1.63. The predicted octanol–water partition coefficient (Wildman–Crippen LogP) is 2.65. The first kappa shape index (κ1) is 16.1. The molecule has 23 heavy (non-hydrogen) atoms. The van der Waals surface area contributed by atoms with Gasteiger partial charge in [-0.05, 0) is 51.2 Å². The monoisotopic (exact) mass is 350 g/mol. The van der Waals surface area contributed by atoms with Crippen LogP contribution in [0.4, 0.5) is 5.13 Å². The zero-order valence-electron chi connectivity index (χ0n) is 12.8. The number of H-pyrrole nitrogens is 2. The summed E-state index contributed by atoms with van der Waals surface area (Å²) < 4.78 is 0.300. The Labute approximate surface area is 142 Å². The average molecular weight is 350 g/mol. The predicted molar refractivity (Wildman–Crippen MR) is 92.7 cm³/mol. The lowest BCUT2D eigenvalue weighted by atomic mass is 10.0. The maximum Gasteiger partial charge on any atom is 0.255 e. The highest BCUT2D eigenvalue weighted by atomic mass is 32.1. The summed E-state index contributed by atoms with van der Waals surface area (Å²) in [5.41, 5.74) is 2.16. The molecule has 3 N–H and O–H groups in total. The Morgan fingerprint density at radius 2 is 2.13 bits per heavy atom. The molecule has 0 radical (unpaired) electrons. The number of fused-ring (bicyclic) bond motifs is 1. The Morgan fingerprint density at radius 3 is 2.87 bits per heavy atom. The van der Waals surface area contributed by atoms with E-state index >= 15 is 0 Å². The molecule has 1 aliphatic rings. The Bertz CT molecular complexity index is 826. The van der Waals surface area contributed by atoms with E-state index in [1.54, 1.807) is 18.3 Å². The van der Waals surface area contributed by atoms with Gasteiger partial charge in [-0.3, -0.25) is 14.6 Å². The summed E-state index contributed by atoms with van der Waals surface area (Å²) in [5, 5.41) is 3.51. The first-order valence-electron chi connectivity index (χ1n) is 7.63. The third kappa shape index (κ3) is 3.76. The summed E-state index contributed by atoms with van der Waals surface area (Å²) in [6, 6.07) is 0. The van der Waals surface area contributed by atoms with Crippen molar-refractivity contribution in [2.45, 2.75) is 45.4 Å². The fourth-order valence-corrected chi connectivity index (χ4v) is 4.06. The van der Waals surface area contributed by atoms with Crippen molar-refractivity contribution in [3.05, 3.63) is 37.0 Å². The fraction of sp³-hybridized carbons (Fsp3) is 0.467. The van der Waals surface area contributed by atoms with E-state index in [1.807, 2.05) is 0 Å². The van der Waals surface area contributed by atoms with E-state index in [2.05, 4.69) is 20.3 Å². The van der Waals surface area contributed by atoms with Crippen LogP contribution < -0.4 is 10.9 Å². The highest BCUT2D eigenvalue weighted by Crippen LogP contribution is 2.29. The lowest BCUT2D eigenvalue weighted by Gasteiger charge is -2.06. The van der Waals surface area contributed by atoms with Gasteiger partial charge in [0.2, 0.25) is 5.91 Å². The van der Waals surface area contributed by atoms with Crippen LogP contribution in [0.15, 0.2) is 4.79 Å². The van der Waals surface area contributed by atoms with Gasteiger partial charge in [-0.2, -0.15) is 0 Å². The van der Waals surface area contributed by atoms with Crippen molar-refractivity contribution < 1.29 is 4.79 Å². The fourth-order valence-electron chi connectivity index (χ4n) is 2.75. The van der Waals surface area contributed by atoms with Crippen molar-refractivity contribution in [2.24, 2.45) is 0 Å². The third-order valence-electron chi connectivity index (χ3n) is 3.95. The summed E-state index contributed by atoms with van der Waals surface area (Å²) >= 11 is 6.48. The van der Waals surface area contributed by atoms with Crippen LogP contribution in [-0.4, -0.2) is 20.9 Å². The number of amides is 1. The van der Waals surface area contributed by atoms with Gasteiger partial charge in [-0.1, -0.05) is 0 Å². The largest absolute Gasteiger partial charge is 0.336 e. The van der Waals surface area contributed by atoms with E-state index in [0.717, 1.165) is 18.5 Å². The molecule has 0 aromatic carbocycles. The maximum absolute atomic E-state index is 12.1. The maximum atomic E-state index is 12.1. The molecule has 2 aromatic heterocycles. The summed E-state index contributed by atoms with van der Waals surface area (Å²) in [4.78, 5) is 35.2. The number of aromatic amines is 2. The molecule has 0 fully saturated rings. The number of nitrogens with zero attached hydrogens (tertiary/aromatic N) is 1. The van der Waals surface area contributed by atoms with Crippen molar-refractivity contribution in [3.63, 3.8) is 0 Å². The van der Waals surface area contributed by atoms with Gasteiger partial charge in [0.05, 0.1) is 5.69 Å². The van der Waals surface area contributed by atoms with Gasteiger partial charge >= 0.3 is 0 Å². The first-order chi connectivity index (χ1) is 11.0. The van der Waals surface area contributed by atoms with E-state index in [4.69, 9.17) is 12.2 Å². The first-order valence-corrected chi connectivity index (χ1v) is 8.86. The van der Waals surface area contributed by atoms with Crippen LogP contribution in [0, 0.1) is 11.7 Å². The van der Waals surface area contributed by atoms with Crippen LogP contribution in [0.1, 0.15) is 41.1 Å². The number of thiazole rings is 1. The van der Waals surface area contributed by atoms with Gasteiger partial charge in [-0.15, -0.1) is 11.3 Å². The van der Waals surface area contributed by atoms with Crippen LogP contribution >= 0.6 is 23.6 Å². The van der Waals surface area contributed by atoms with E-state index in [1.165, 1.54) is 17.7 Å². The minimum absolute atomic E-state index is 0.127. The minimum atomic E-state index is -0.233. The van der Waals surface area contributed by atoms with Gasteiger partial charge in [0.1, 0.15) is 0 Å². The number of carbonyl (C=O) groups excluding carboxylic acids is 1. The zero-order valence-corrected chi connectivity index (χ0v) is 14.5.